The lowest BCUT2D eigenvalue weighted by atomic mass is 9.97. The molecule has 29 heavy (non-hydrogen) atoms. The van der Waals surface area contributed by atoms with Crippen LogP contribution in [-0.4, -0.2) is 10.8 Å². The Morgan fingerprint density at radius 1 is 0.966 bits per heavy atom. The van der Waals surface area contributed by atoms with Gasteiger partial charge in [-0.25, -0.2) is 0 Å². The summed E-state index contributed by atoms with van der Waals surface area (Å²) >= 11 is 0. The molecule has 1 heterocycles. The molecular weight excluding hydrogens is 356 g/mol. The molecule has 140 valence electrons. The number of hydrogen-bond acceptors (Lipinski definition) is 2. The van der Waals surface area contributed by atoms with Crippen LogP contribution in [0.5, 0.6) is 0 Å². The van der Waals surface area contributed by atoms with Crippen LogP contribution >= 0.6 is 0 Å². The summed E-state index contributed by atoms with van der Waals surface area (Å²) in [4.78, 5) is 16.4. The van der Waals surface area contributed by atoms with Crippen LogP contribution < -0.4 is 0 Å². The smallest absolute Gasteiger partial charge is 0.203 e. The van der Waals surface area contributed by atoms with Gasteiger partial charge in [-0.1, -0.05) is 72.3 Å². The number of carbonyl (C=O) groups is 1. The zero-order chi connectivity index (χ0) is 20.4. The summed E-state index contributed by atoms with van der Waals surface area (Å²) in [6, 6.07) is 25.2. The van der Waals surface area contributed by atoms with E-state index in [1.807, 2.05) is 36.4 Å². The van der Waals surface area contributed by atoms with Crippen molar-refractivity contribution in [1.29, 1.82) is 5.26 Å². The maximum Gasteiger partial charge on any atom is 0.203 e. The molecule has 0 aliphatic heterocycles. The third-order valence-electron chi connectivity index (χ3n) is 5.04. The lowest BCUT2D eigenvalue weighted by Crippen LogP contribution is -2.01. The molecule has 0 aliphatic rings. The Morgan fingerprint density at radius 2 is 1.62 bits per heavy atom. The molecule has 0 spiro atoms. The van der Waals surface area contributed by atoms with E-state index < -0.39 is 0 Å². The van der Waals surface area contributed by atoms with Crippen LogP contribution in [0.25, 0.3) is 28.2 Å². The van der Waals surface area contributed by atoms with Crippen molar-refractivity contribution < 1.29 is 4.79 Å². The van der Waals surface area contributed by atoms with Crippen molar-refractivity contribution in [2.24, 2.45) is 0 Å². The van der Waals surface area contributed by atoms with Gasteiger partial charge in [-0.2, -0.15) is 5.26 Å². The topological polar surface area (TPSA) is 56.6 Å². The molecule has 0 radical (unpaired) electrons. The quantitative estimate of drug-likeness (QED) is 0.260. The molecule has 3 heteroatoms. The normalized spacial score (nSPS) is 11.4. The molecule has 3 nitrogen and oxygen atoms in total. The predicted octanol–water partition coefficient (Wildman–Crippen LogP) is 6.24. The fourth-order valence-corrected chi connectivity index (χ4v) is 3.69. The van der Waals surface area contributed by atoms with E-state index >= 15 is 0 Å². The van der Waals surface area contributed by atoms with Gasteiger partial charge in [0.25, 0.3) is 0 Å². The van der Waals surface area contributed by atoms with E-state index in [-0.39, 0.29) is 11.4 Å². The summed E-state index contributed by atoms with van der Waals surface area (Å²) in [6.07, 6.45) is 1.72. The number of allylic oxidation sites excluding steroid dienone is 1. The summed E-state index contributed by atoms with van der Waals surface area (Å²) < 4.78 is 0. The SMILES string of the molecule is Cc1cc(C)c2[nH]c(-c3ccccc3)c(/C=C(\C#N)C(=O)c3ccccc3)c2c1. The average Bonchev–Trinajstić information content (AvgIpc) is 3.11. The number of aromatic nitrogens is 1. The van der Waals surface area contributed by atoms with E-state index in [9.17, 15) is 10.1 Å². The number of aryl methyl sites for hydroxylation is 2. The molecule has 0 bridgehead atoms. The van der Waals surface area contributed by atoms with Gasteiger partial charge < -0.3 is 4.98 Å². The van der Waals surface area contributed by atoms with E-state index in [4.69, 9.17) is 0 Å². The number of fused-ring (bicyclic) bond motifs is 1. The van der Waals surface area contributed by atoms with Gasteiger partial charge in [0.15, 0.2) is 0 Å². The van der Waals surface area contributed by atoms with Crippen LogP contribution in [0.4, 0.5) is 0 Å². The van der Waals surface area contributed by atoms with E-state index in [0.717, 1.165) is 38.9 Å². The number of nitrogens with one attached hydrogen (secondary N) is 1. The Hall–Kier alpha value is -3.90. The highest BCUT2D eigenvalue weighted by molar-refractivity contribution is 6.15. The average molecular weight is 376 g/mol. The van der Waals surface area contributed by atoms with Gasteiger partial charge in [0.1, 0.15) is 11.6 Å². The third-order valence-corrected chi connectivity index (χ3v) is 5.04. The lowest BCUT2D eigenvalue weighted by molar-refractivity contribution is 0.104. The molecule has 4 aromatic rings. The Morgan fingerprint density at radius 3 is 2.28 bits per heavy atom. The molecule has 0 saturated heterocycles. The Balaban J connectivity index is 1.97. The van der Waals surface area contributed by atoms with Crippen LogP contribution in [0, 0.1) is 25.2 Å². The van der Waals surface area contributed by atoms with Gasteiger partial charge in [0.05, 0.1) is 5.69 Å². The monoisotopic (exact) mass is 376 g/mol. The number of nitrogens with zero attached hydrogens (tertiary/aromatic N) is 1. The van der Waals surface area contributed by atoms with Gasteiger partial charge in [-0.15, -0.1) is 0 Å². The highest BCUT2D eigenvalue weighted by Crippen LogP contribution is 2.34. The first-order valence-corrected chi connectivity index (χ1v) is 9.48. The molecule has 3 aromatic carbocycles. The molecule has 4 rings (SSSR count). The predicted molar refractivity (Wildman–Crippen MR) is 118 cm³/mol. The molecule has 0 fully saturated rings. The van der Waals surface area contributed by atoms with Crippen LogP contribution in [0.15, 0.2) is 78.4 Å². The van der Waals surface area contributed by atoms with E-state index in [1.165, 1.54) is 0 Å². The lowest BCUT2D eigenvalue weighted by Gasteiger charge is -2.04. The van der Waals surface area contributed by atoms with Crippen molar-refractivity contribution in [2.75, 3.05) is 0 Å². The van der Waals surface area contributed by atoms with Crippen molar-refractivity contribution in [3.63, 3.8) is 0 Å². The number of aromatic amines is 1. The van der Waals surface area contributed by atoms with Gasteiger partial charge in [-0.3, -0.25) is 4.79 Å². The van der Waals surface area contributed by atoms with E-state index in [2.05, 4.69) is 37.0 Å². The standard InChI is InChI=1S/C26H20N2O/c1-17-13-18(2)24-22(14-17)23(25(28-24)19-9-5-3-6-10-19)15-21(16-27)26(29)20-11-7-4-8-12-20/h3-15,28H,1-2H3/b21-15+. The number of nitriles is 1. The fourth-order valence-electron chi connectivity index (χ4n) is 3.69. The molecule has 0 amide bonds. The van der Waals surface area contributed by atoms with Gasteiger partial charge >= 0.3 is 0 Å². The third kappa shape index (κ3) is 3.49. The second-order valence-electron chi connectivity index (χ2n) is 7.15. The molecule has 0 atom stereocenters. The van der Waals surface area contributed by atoms with Crippen LogP contribution in [-0.2, 0) is 0 Å². The molecule has 0 saturated carbocycles. The minimum atomic E-state index is -0.272. The first-order chi connectivity index (χ1) is 14.1. The summed E-state index contributed by atoms with van der Waals surface area (Å²) in [5.41, 5.74) is 6.69. The number of ketones is 1. The Kier molecular flexibility index (Phi) is 4.85. The van der Waals surface area contributed by atoms with Gasteiger partial charge in [-0.05, 0) is 37.1 Å². The van der Waals surface area contributed by atoms with Crippen molar-refractivity contribution in [3.05, 3.63) is 101 Å². The van der Waals surface area contributed by atoms with E-state index in [0.29, 0.717) is 5.56 Å². The van der Waals surface area contributed by atoms with Crippen LogP contribution in [0.1, 0.15) is 27.0 Å². The van der Waals surface area contributed by atoms with Crippen LogP contribution in [0.2, 0.25) is 0 Å². The number of benzene rings is 3. The zero-order valence-electron chi connectivity index (χ0n) is 16.4. The summed E-state index contributed by atoms with van der Waals surface area (Å²) in [7, 11) is 0. The minimum Gasteiger partial charge on any atom is -0.354 e. The number of carbonyl (C=O) groups excluding carboxylic acids is 1. The van der Waals surface area contributed by atoms with Crippen molar-refractivity contribution in [1.82, 2.24) is 4.98 Å². The first kappa shape index (κ1) is 18.5. The highest BCUT2D eigenvalue weighted by Gasteiger charge is 2.17. The fraction of sp³-hybridized carbons (Fsp3) is 0.0769. The van der Waals surface area contributed by atoms with Crippen molar-refractivity contribution >= 4 is 22.8 Å². The second kappa shape index (κ2) is 7.61. The Labute approximate surface area is 169 Å². The van der Waals surface area contributed by atoms with Crippen LogP contribution in [0.3, 0.4) is 0 Å². The number of hydrogen-bond donors (Lipinski definition) is 1. The molecule has 1 N–H and O–H groups in total. The zero-order valence-corrected chi connectivity index (χ0v) is 16.4. The second-order valence-corrected chi connectivity index (χ2v) is 7.15. The summed E-state index contributed by atoms with van der Waals surface area (Å²) in [6.45, 7) is 4.11. The van der Waals surface area contributed by atoms with Gasteiger partial charge in [0, 0.05) is 22.0 Å². The van der Waals surface area contributed by atoms with Crippen molar-refractivity contribution in [2.45, 2.75) is 13.8 Å². The largest absolute Gasteiger partial charge is 0.354 e. The molecular formula is C26H20N2O. The summed E-state index contributed by atoms with van der Waals surface area (Å²) in [5.74, 6) is -0.272. The highest BCUT2D eigenvalue weighted by atomic mass is 16.1. The minimum absolute atomic E-state index is 0.119. The maximum absolute atomic E-state index is 12.9. The summed E-state index contributed by atoms with van der Waals surface area (Å²) in [5, 5.41) is 10.8. The van der Waals surface area contributed by atoms with Crippen molar-refractivity contribution in [3.8, 4) is 17.3 Å². The molecule has 1 aromatic heterocycles. The molecule has 0 unspecified atom stereocenters. The number of Topliss-reactive ketones (excluding diaryl/α,β-unsaturated/α-hetero) is 1. The molecule has 0 aliphatic carbocycles. The van der Waals surface area contributed by atoms with Gasteiger partial charge in [0.2, 0.25) is 5.78 Å². The first-order valence-electron chi connectivity index (χ1n) is 9.48. The maximum atomic E-state index is 12.9. The number of H-pyrrole nitrogens is 1. The van der Waals surface area contributed by atoms with E-state index in [1.54, 1.807) is 30.3 Å². The Bertz CT molecular complexity index is 1270. The number of rotatable bonds is 4.